The summed E-state index contributed by atoms with van der Waals surface area (Å²) in [6.07, 6.45) is 57.5. The van der Waals surface area contributed by atoms with E-state index < -0.39 is 86.8 Å². The van der Waals surface area contributed by atoms with Crippen LogP contribution in [-0.2, 0) is 23.7 Å². The zero-order valence-electron chi connectivity index (χ0n) is 54.8. The normalized spacial score (nSPS) is 23.7. The first-order valence-electron chi connectivity index (χ1n) is 35.9. The van der Waals surface area contributed by atoms with E-state index in [-0.39, 0.29) is 18.9 Å². The van der Waals surface area contributed by atoms with Crippen molar-refractivity contribution in [2.75, 3.05) is 19.8 Å². The summed E-state index contributed by atoms with van der Waals surface area (Å²) < 4.78 is 22.8. The van der Waals surface area contributed by atoms with E-state index in [4.69, 9.17) is 18.9 Å². The number of nitrogens with one attached hydrogen (secondary N) is 1. The van der Waals surface area contributed by atoms with Gasteiger partial charge in [-0.1, -0.05) is 281 Å². The number of hydrogen-bond acceptors (Lipinski definition) is 13. The van der Waals surface area contributed by atoms with E-state index in [1.807, 2.05) is 6.08 Å². The molecule has 14 nitrogen and oxygen atoms in total. The fourth-order valence-corrected chi connectivity index (χ4v) is 11.7. The molecule has 0 aromatic carbocycles. The summed E-state index contributed by atoms with van der Waals surface area (Å²) in [5, 5.41) is 87.4. The highest BCUT2D eigenvalue weighted by atomic mass is 16.7. The van der Waals surface area contributed by atoms with Gasteiger partial charge >= 0.3 is 0 Å². The summed E-state index contributed by atoms with van der Waals surface area (Å²) in [7, 11) is 0. The lowest BCUT2D eigenvalue weighted by Gasteiger charge is -2.46. The summed E-state index contributed by atoms with van der Waals surface area (Å²) in [5.41, 5.74) is 0. The number of unbranched alkanes of at least 4 members (excludes halogenated alkanes) is 40. The van der Waals surface area contributed by atoms with Gasteiger partial charge in [-0.2, -0.15) is 0 Å². The van der Waals surface area contributed by atoms with Crippen LogP contribution >= 0.6 is 0 Å². The van der Waals surface area contributed by atoms with Gasteiger partial charge in [0.05, 0.1) is 32.0 Å². The van der Waals surface area contributed by atoms with Gasteiger partial charge in [0.15, 0.2) is 12.6 Å². The first kappa shape index (κ1) is 80.0. The molecule has 0 radical (unpaired) electrons. The largest absolute Gasteiger partial charge is 0.394 e. The Labute approximate surface area is 524 Å². The van der Waals surface area contributed by atoms with Crippen molar-refractivity contribution in [3.05, 3.63) is 48.6 Å². The number of aliphatic hydroxyl groups is 8. The lowest BCUT2D eigenvalue weighted by Crippen LogP contribution is -2.65. The molecule has 0 bridgehead atoms. The monoisotopic (exact) mass is 1220 g/mol. The van der Waals surface area contributed by atoms with E-state index in [0.29, 0.717) is 12.8 Å². The van der Waals surface area contributed by atoms with Crippen LogP contribution in [-0.4, -0.2) is 140 Å². The Morgan fingerprint density at radius 2 is 0.744 bits per heavy atom. The van der Waals surface area contributed by atoms with Crippen molar-refractivity contribution in [1.82, 2.24) is 5.32 Å². The smallest absolute Gasteiger partial charge is 0.220 e. The molecule has 14 heteroatoms. The maximum absolute atomic E-state index is 13.3. The number of rotatable bonds is 59. The number of aliphatic hydroxyl groups excluding tert-OH is 8. The molecule has 0 aromatic heterocycles. The summed E-state index contributed by atoms with van der Waals surface area (Å²) in [6, 6.07) is -0.939. The molecule has 86 heavy (non-hydrogen) atoms. The van der Waals surface area contributed by atoms with Crippen LogP contribution in [0.25, 0.3) is 0 Å². The highest BCUT2D eigenvalue weighted by Crippen LogP contribution is 2.30. The van der Waals surface area contributed by atoms with E-state index in [9.17, 15) is 45.6 Å². The van der Waals surface area contributed by atoms with Crippen molar-refractivity contribution in [2.24, 2.45) is 0 Å². The van der Waals surface area contributed by atoms with Crippen molar-refractivity contribution < 1.29 is 64.6 Å². The molecule has 1 amide bonds. The Morgan fingerprint density at radius 1 is 0.407 bits per heavy atom. The Hall–Kier alpha value is -2.05. The third-order valence-electron chi connectivity index (χ3n) is 17.5. The van der Waals surface area contributed by atoms with E-state index >= 15 is 0 Å². The first-order valence-corrected chi connectivity index (χ1v) is 35.9. The SMILES string of the molecule is CCCCCCCCCC/C=C\CCCCCCCCCCCCCCCCCCCC(=O)NC(COC1OC(CO)C(OC2OC(CO)C(O)C(O)C2O)C(O)C1O)C(O)/C=C/CC/C=C/CC/C=C/CCCCCCCCCCCCCCC. The molecular formula is C72H133NO13. The van der Waals surface area contributed by atoms with Crippen LogP contribution in [0.15, 0.2) is 48.6 Å². The number of allylic oxidation sites excluding steroid dienone is 7. The lowest BCUT2D eigenvalue weighted by atomic mass is 9.97. The number of hydrogen-bond donors (Lipinski definition) is 9. The first-order chi connectivity index (χ1) is 42.1. The molecule has 0 aliphatic carbocycles. The molecular weight excluding hydrogens is 1090 g/mol. The molecule has 504 valence electrons. The van der Waals surface area contributed by atoms with E-state index in [1.54, 1.807) is 6.08 Å². The minimum Gasteiger partial charge on any atom is -0.394 e. The van der Waals surface area contributed by atoms with Gasteiger partial charge in [-0.15, -0.1) is 0 Å². The van der Waals surface area contributed by atoms with E-state index in [2.05, 4.69) is 55.6 Å². The summed E-state index contributed by atoms with van der Waals surface area (Å²) in [4.78, 5) is 13.3. The van der Waals surface area contributed by atoms with Gasteiger partial charge in [0.1, 0.15) is 48.8 Å². The molecule has 2 aliphatic heterocycles. The van der Waals surface area contributed by atoms with E-state index in [1.165, 1.54) is 231 Å². The Kier molecular flexibility index (Phi) is 53.0. The van der Waals surface area contributed by atoms with Gasteiger partial charge in [0, 0.05) is 6.42 Å². The van der Waals surface area contributed by atoms with Crippen molar-refractivity contribution in [3.8, 4) is 0 Å². The number of carbonyl (C=O) groups is 1. The second-order valence-corrected chi connectivity index (χ2v) is 25.3. The van der Waals surface area contributed by atoms with Crippen molar-refractivity contribution in [2.45, 2.75) is 383 Å². The van der Waals surface area contributed by atoms with Crippen LogP contribution in [0.3, 0.4) is 0 Å². The quantitative estimate of drug-likeness (QED) is 0.0204. The van der Waals surface area contributed by atoms with Gasteiger partial charge in [-0.3, -0.25) is 4.79 Å². The lowest BCUT2D eigenvalue weighted by molar-refractivity contribution is -0.359. The highest BCUT2D eigenvalue weighted by Gasteiger charge is 2.51. The van der Waals surface area contributed by atoms with Crippen LogP contribution < -0.4 is 5.32 Å². The van der Waals surface area contributed by atoms with Gasteiger partial charge < -0.3 is 65.1 Å². The highest BCUT2D eigenvalue weighted by molar-refractivity contribution is 5.76. The molecule has 0 aromatic rings. The minimum atomic E-state index is -1.79. The second-order valence-electron chi connectivity index (χ2n) is 25.3. The summed E-state index contributed by atoms with van der Waals surface area (Å²) >= 11 is 0. The van der Waals surface area contributed by atoms with Crippen LogP contribution in [0.2, 0.25) is 0 Å². The van der Waals surface area contributed by atoms with E-state index in [0.717, 1.165) is 44.9 Å². The average Bonchev–Trinajstić information content (AvgIpc) is 2.53. The molecule has 2 saturated heterocycles. The third kappa shape index (κ3) is 40.6. The number of ether oxygens (including phenoxy) is 4. The van der Waals surface area contributed by atoms with Crippen molar-refractivity contribution in [1.29, 1.82) is 0 Å². The Balaban J connectivity index is 1.69. The number of amides is 1. The topological polar surface area (TPSA) is 228 Å². The molecule has 2 fully saturated rings. The average molecular weight is 1220 g/mol. The molecule has 2 rings (SSSR count). The standard InChI is InChI=1S/C72H133NO13/c1-3-5-7-9-11-13-15-17-19-21-23-25-27-28-29-30-31-32-34-36-38-40-42-44-46-48-50-52-54-56-64(77)73-60(59-83-71-69(82)67(80)70(63(58-75)85-71)86-72-68(81)66(79)65(78)62(57-74)84-72)61(76)55-53-51-49-47-45-43-41-39-37-35-33-26-24-22-20-18-16-14-12-10-8-6-4-2/h21,23,37,39,45,47,53,55,60-63,65-72,74-76,78-82H,3-20,22,24-36,38,40-44,46,48-52,54,56-59H2,1-2H3,(H,73,77)/b23-21-,39-37+,47-45+,55-53+. The second kappa shape index (κ2) is 56.9. The summed E-state index contributed by atoms with van der Waals surface area (Å²) in [6.45, 7) is 2.82. The molecule has 12 atom stereocenters. The molecule has 9 N–H and O–H groups in total. The Bertz CT molecular complexity index is 1630. The predicted octanol–water partition coefficient (Wildman–Crippen LogP) is 14.7. The molecule has 0 spiro atoms. The fourth-order valence-electron chi connectivity index (χ4n) is 11.7. The van der Waals surface area contributed by atoms with Gasteiger partial charge in [-0.25, -0.2) is 0 Å². The van der Waals surface area contributed by atoms with Crippen LogP contribution in [0.5, 0.6) is 0 Å². The number of carbonyl (C=O) groups excluding carboxylic acids is 1. The maximum Gasteiger partial charge on any atom is 0.220 e. The van der Waals surface area contributed by atoms with Gasteiger partial charge in [-0.05, 0) is 70.6 Å². The fraction of sp³-hybridized carbons (Fsp3) is 0.875. The molecule has 12 unspecified atom stereocenters. The van der Waals surface area contributed by atoms with Gasteiger partial charge in [0.2, 0.25) is 5.91 Å². The summed E-state index contributed by atoms with van der Waals surface area (Å²) in [5.74, 6) is -0.249. The van der Waals surface area contributed by atoms with Crippen LogP contribution in [0.1, 0.15) is 309 Å². The molecule has 2 aliphatic rings. The zero-order valence-corrected chi connectivity index (χ0v) is 54.8. The zero-order chi connectivity index (χ0) is 62.3. The minimum absolute atomic E-state index is 0.249. The van der Waals surface area contributed by atoms with Crippen molar-refractivity contribution in [3.63, 3.8) is 0 Å². The van der Waals surface area contributed by atoms with Crippen LogP contribution in [0.4, 0.5) is 0 Å². The Morgan fingerprint density at radius 3 is 1.14 bits per heavy atom. The van der Waals surface area contributed by atoms with Crippen molar-refractivity contribution >= 4 is 5.91 Å². The third-order valence-corrected chi connectivity index (χ3v) is 17.5. The maximum atomic E-state index is 13.3. The molecule has 0 saturated carbocycles. The van der Waals surface area contributed by atoms with Gasteiger partial charge in [0.25, 0.3) is 0 Å². The predicted molar refractivity (Wildman–Crippen MR) is 351 cm³/mol. The molecule has 2 heterocycles. The van der Waals surface area contributed by atoms with Crippen LogP contribution in [0, 0.1) is 0 Å².